The SMILES string of the molecule is COc1ccc(CNC(=O)COC(=O)c2ccc(OCc3c(C)noc3C)cc2)cc1OC. The Labute approximate surface area is 191 Å². The van der Waals surface area contributed by atoms with Crippen LogP contribution >= 0.6 is 0 Å². The summed E-state index contributed by atoms with van der Waals surface area (Å²) in [7, 11) is 3.09. The van der Waals surface area contributed by atoms with E-state index in [1.165, 1.54) is 7.11 Å². The lowest BCUT2D eigenvalue weighted by atomic mass is 10.2. The van der Waals surface area contributed by atoms with Crippen molar-refractivity contribution in [2.24, 2.45) is 0 Å². The van der Waals surface area contributed by atoms with Crippen molar-refractivity contribution in [2.75, 3.05) is 20.8 Å². The van der Waals surface area contributed by atoms with Crippen LogP contribution in [0.15, 0.2) is 47.0 Å². The number of aryl methyl sites for hydroxylation is 2. The highest BCUT2D eigenvalue weighted by Crippen LogP contribution is 2.27. The summed E-state index contributed by atoms with van der Waals surface area (Å²) >= 11 is 0. The third kappa shape index (κ3) is 6.25. The van der Waals surface area contributed by atoms with E-state index in [1.807, 2.05) is 19.9 Å². The molecule has 2 aromatic carbocycles. The van der Waals surface area contributed by atoms with E-state index < -0.39 is 18.5 Å². The molecule has 9 nitrogen and oxygen atoms in total. The maximum atomic E-state index is 12.2. The fraction of sp³-hybridized carbons (Fsp3) is 0.292. The van der Waals surface area contributed by atoms with Gasteiger partial charge in [-0.05, 0) is 55.8 Å². The van der Waals surface area contributed by atoms with Gasteiger partial charge in [0.05, 0.1) is 31.0 Å². The summed E-state index contributed by atoms with van der Waals surface area (Å²) in [5, 5.41) is 6.58. The highest BCUT2D eigenvalue weighted by molar-refractivity contribution is 5.91. The van der Waals surface area contributed by atoms with Gasteiger partial charge in [0.15, 0.2) is 18.1 Å². The van der Waals surface area contributed by atoms with Crippen molar-refractivity contribution in [1.82, 2.24) is 10.5 Å². The molecular formula is C24H26N2O7. The van der Waals surface area contributed by atoms with Crippen LogP contribution in [0.5, 0.6) is 17.2 Å². The van der Waals surface area contributed by atoms with Crippen LogP contribution in [0, 0.1) is 13.8 Å². The molecule has 0 aliphatic carbocycles. The van der Waals surface area contributed by atoms with Crippen molar-refractivity contribution in [3.8, 4) is 17.2 Å². The van der Waals surface area contributed by atoms with Gasteiger partial charge in [-0.1, -0.05) is 11.2 Å². The molecule has 1 heterocycles. The number of amides is 1. The molecule has 0 bridgehead atoms. The van der Waals surface area contributed by atoms with Crippen LogP contribution in [0.1, 0.15) is 32.9 Å². The zero-order valence-electron chi connectivity index (χ0n) is 19.0. The lowest BCUT2D eigenvalue weighted by Gasteiger charge is -2.11. The van der Waals surface area contributed by atoms with Gasteiger partial charge < -0.3 is 28.8 Å². The van der Waals surface area contributed by atoms with E-state index in [1.54, 1.807) is 43.5 Å². The van der Waals surface area contributed by atoms with Gasteiger partial charge in [0, 0.05) is 6.54 Å². The van der Waals surface area contributed by atoms with Crippen molar-refractivity contribution < 1.29 is 33.1 Å². The van der Waals surface area contributed by atoms with Crippen molar-refractivity contribution in [1.29, 1.82) is 0 Å². The minimum atomic E-state index is -0.603. The van der Waals surface area contributed by atoms with E-state index in [0.717, 1.165) is 16.8 Å². The Balaban J connectivity index is 1.44. The molecule has 3 rings (SSSR count). The molecule has 174 valence electrons. The average molecular weight is 454 g/mol. The third-order valence-electron chi connectivity index (χ3n) is 4.93. The summed E-state index contributed by atoms with van der Waals surface area (Å²) in [5.41, 5.74) is 2.79. The molecule has 0 aliphatic rings. The maximum Gasteiger partial charge on any atom is 0.338 e. The van der Waals surface area contributed by atoms with E-state index in [0.29, 0.717) is 35.2 Å². The molecule has 0 fully saturated rings. The summed E-state index contributed by atoms with van der Waals surface area (Å²) in [6.07, 6.45) is 0. The topological polar surface area (TPSA) is 109 Å². The molecule has 1 aromatic heterocycles. The lowest BCUT2D eigenvalue weighted by Crippen LogP contribution is -2.28. The van der Waals surface area contributed by atoms with Gasteiger partial charge in [0.2, 0.25) is 0 Å². The maximum absolute atomic E-state index is 12.2. The van der Waals surface area contributed by atoms with Gasteiger partial charge in [-0.3, -0.25) is 4.79 Å². The largest absolute Gasteiger partial charge is 0.493 e. The smallest absolute Gasteiger partial charge is 0.338 e. The van der Waals surface area contributed by atoms with Gasteiger partial charge >= 0.3 is 5.97 Å². The minimum absolute atomic E-state index is 0.258. The second kappa shape index (κ2) is 11.0. The van der Waals surface area contributed by atoms with Crippen molar-refractivity contribution >= 4 is 11.9 Å². The van der Waals surface area contributed by atoms with Gasteiger partial charge in [0.1, 0.15) is 18.1 Å². The van der Waals surface area contributed by atoms with Crippen molar-refractivity contribution in [3.05, 3.63) is 70.6 Å². The molecule has 9 heteroatoms. The van der Waals surface area contributed by atoms with E-state index in [4.69, 9.17) is 23.5 Å². The molecule has 3 aromatic rings. The predicted octanol–water partition coefficient (Wildman–Crippen LogP) is 3.36. The van der Waals surface area contributed by atoms with E-state index in [2.05, 4.69) is 10.5 Å². The van der Waals surface area contributed by atoms with Crippen molar-refractivity contribution in [3.63, 3.8) is 0 Å². The first kappa shape index (κ1) is 23.6. The number of methoxy groups -OCH3 is 2. The number of carbonyl (C=O) groups is 2. The predicted molar refractivity (Wildman–Crippen MR) is 118 cm³/mol. The number of hydrogen-bond donors (Lipinski definition) is 1. The van der Waals surface area contributed by atoms with Crippen LogP contribution < -0.4 is 19.5 Å². The molecular weight excluding hydrogens is 428 g/mol. The van der Waals surface area contributed by atoms with Gasteiger partial charge in [-0.25, -0.2) is 4.79 Å². The number of esters is 1. The summed E-state index contributed by atoms with van der Waals surface area (Å²) in [5.74, 6) is 1.43. The molecule has 33 heavy (non-hydrogen) atoms. The van der Waals surface area contributed by atoms with Crippen molar-refractivity contribution in [2.45, 2.75) is 27.0 Å². The van der Waals surface area contributed by atoms with Crippen LogP contribution in [-0.2, 0) is 22.7 Å². The number of hydrogen-bond acceptors (Lipinski definition) is 8. The zero-order chi connectivity index (χ0) is 23.8. The number of nitrogens with one attached hydrogen (secondary N) is 1. The Hall–Kier alpha value is -4.01. The summed E-state index contributed by atoms with van der Waals surface area (Å²) in [4.78, 5) is 24.3. The number of ether oxygens (including phenoxy) is 4. The van der Waals surface area contributed by atoms with E-state index in [-0.39, 0.29) is 6.54 Å². The lowest BCUT2D eigenvalue weighted by molar-refractivity contribution is -0.124. The molecule has 0 saturated heterocycles. The first-order chi connectivity index (χ1) is 15.9. The highest BCUT2D eigenvalue weighted by atomic mass is 16.5. The van der Waals surface area contributed by atoms with Gasteiger partial charge in [-0.2, -0.15) is 0 Å². The fourth-order valence-corrected chi connectivity index (χ4v) is 3.01. The normalized spacial score (nSPS) is 10.4. The first-order valence-electron chi connectivity index (χ1n) is 10.2. The molecule has 1 amide bonds. The van der Waals surface area contributed by atoms with Crippen LogP contribution in [0.3, 0.4) is 0 Å². The van der Waals surface area contributed by atoms with Gasteiger partial charge in [0.25, 0.3) is 5.91 Å². The van der Waals surface area contributed by atoms with Gasteiger partial charge in [-0.15, -0.1) is 0 Å². The molecule has 0 aliphatic heterocycles. The molecule has 1 N–H and O–H groups in total. The van der Waals surface area contributed by atoms with E-state index >= 15 is 0 Å². The monoisotopic (exact) mass is 454 g/mol. The molecule has 0 saturated carbocycles. The Bertz CT molecular complexity index is 1090. The Morgan fingerprint density at radius 1 is 1.00 bits per heavy atom. The summed E-state index contributed by atoms with van der Waals surface area (Å²) in [6, 6.07) is 11.8. The number of aromatic nitrogens is 1. The Morgan fingerprint density at radius 3 is 2.36 bits per heavy atom. The fourth-order valence-electron chi connectivity index (χ4n) is 3.01. The molecule has 0 unspecified atom stereocenters. The standard InChI is InChI=1S/C24H26N2O7/c1-15-20(16(2)33-26-15)13-31-19-8-6-18(7-9-19)24(28)32-14-23(27)25-12-17-5-10-21(29-3)22(11-17)30-4/h5-11H,12-14H2,1-4H3,(H,25,27). The van der Waals surface area contributed by atoms with Crippen LogP contribution in [-0.4, -0.2) is 37.9 Å². The zero-order valence-corrected chi connectivity index (χ0v) is 19.0. The number of benzene rings is 2. The number of rotatable bonds is 10. The Kier molecular flexibility index (Phi) is 7.91. The number of carbonyl (C=O) groups excluding carboxylic acids is 2. The van der Waals surface area contributed by atoms with Crippen LogP contribution in [0.2, 0.25) is 0 Å². The second-order valence-corrected chi connectivity index (χ2v) is 7.16. The summed E-state index contributed by atoms with van der Waals surface area (Å²) in [6.45, 7) is 3.84. The van der Waals surface area contributed by atoms with Crippen LogP contribution in [0.4, 0.5) is 0 Å². The Morgan fingerprint density at radius 2 is 1.73 bits per heavy atom. The molecule has 0 atom stereocenters. The minimum Gasteiger partial charge on any atom is -0.493 e. The molecule has 0 radical (unpaired) electrons. The third-order valence-corrected chi connectivity index (χ3v) is 4.93. The molecule has 0 spiro atoms. The quantitative estimate of drug-likeness (QED) is 0.465. The van der Waals surface area contributed by atoms with E-state index in [9.17, 15) is 9.59 Å². The average Bonchev–Trinajstić information content (AvgIpc) is 3.16. The summed E-state index contributed by atoms with van der Waals surface area (Å²) < 4.78 is 26.3. The second-order valence-electron chi connectivity index (χ2n) is 7.16. The number of nitrogens with zero attached hydrogens (tertiary/aromatic N) is 1. The van der Waals surface area contributed by atoms with Crippen LogP contribution in [0.25, 0.3) is 0 Å². The first-order valence-corrected chi connectivity index (χ1v) is 10.2. The highest BCUT2D eigenvalue weighted by Gasteiger charge is 2.13.